The number of piperazine rings is 1. The normalized spacial score (nSPS) is 18.6. The van der Waals surface area contributed by atoms with Crippen LogP contribution in [0.2, 0.25) is 0 Å². The third-order valence-electron chi connectivity index (χ3n) is 11.5. The Hall–Kier alpha value is -5.10. The van der Waals surface area contributed by atoms with Crippen LogP contribution in [0.5, 0.6) is 0 Å². The standard InChI is InChI=1S/C44H52N8O3/c1-4-40-39(41(48-35-12-14-55-15-13-35)38-23-47-52(5-2)43(38)49-40)27-51(44(54)33-11-7-10-32(20-33)42(45)53)25-30-16-28(3)17-34(19-30)31-9-6-8-29(18-31)24-50-26-36-21-37(50)22-46-36/h6-11,16-20,23,35-37,46H,4-5,12-15,21-22,24-27H2,1-3H3,(H2,45,53)(H,48,49)/t36-,37-/m0/s1. The number of carbonyl (C=O) groups excluding carboxylic acids is 2. The van der Waals surface area contributed by atoms with Gasteiger partial charge in [-0.3, -0.25) is 14.5 Å². The first-order valence-electron chi connectivity index (χ1n) is 19.8. The van der Waals surface area contributed by atoms with Gasteiger partial charge in [0.2, 0.25) is 5.91 Å². The van der Waals surface area contributed by atoms with Gasteiger partial charge in [-0.25, -0.2) is 9.67 Å². The molecule has 3 aliphatic heterocycles. The lowest BCUT2D eigenvalue weighted by Crippen LogP contribution is -2.42. The average Bonchev–Trinajstić information content (AvgIpc) is 3.95. The highest BCUT2D eigenvalue weighted by Crippen LogP contribution is 2.34. The predicted molar refractivity (Wildman–Crippen MR) is 216 cm³/mol. The fraction of sp³-hybridized carbons (Fsp3) is 0.409. The van der Waals surface area contributed by atoms with E-state index in [0.29, 0.717) is 62.5 Å². The lowest BCUT2D eigenvalue weighted by atomic mass is 9.97. The zero-order valence-electron chi connectivity index (χ0n) is 32.2. The zero-order valence-corrected chi connectivity index (χ0v) is 32.2. The molecule has 0 aliphatic carbocycles. The molecule has 0 unspecified atom stereocenters. The summed E-state index contributed by atoms with van der Waals surface area (Å²) in [4.78, 5) is 36.6. The Morgan fingerprint density at radius 2 is 1.78 bits per heavy atom. The molecular weight excluding hydrogens is 689 g/mol. The number of benzene rings is 3. The van der Waals surface area contributed by atoms with E-state index in [1.165, 1.54) is 12.0 Å². The fourth-order valence-corrected chi connectivity index (χ4v) is 8.72. The van der Waals surface area contributed by atoms with Crippen molar-refractivity contribution >= 4 is 28.5 Å². The Bertz CT molecular complexity index is 2210. The second kappa shape index (κ2) is 15.9. The van der Waals surface area contributed by atoms with E-state index < -0.39 is 5.91 Å². The molecule has 11 nitrogen and oxygen atoms in total. The predicted octanol–water partition coefficient (Wildman–Crippen LogP) is 6.07. The third-order valence-corrected chi connectivity index (χ3v) is 11.5. The number of nitrogens with two attached hydrogens (primary N) is 1. The van der Waals surface area contributed by atoms with Gasteiger partial charge in [-0.05, 0) is 92.1 Å². The number of carbonyl (C=O) groups is 2. The molecule has 3 aliphatic rings. The van der Waals surface area contributed by atoms with Gasteiger partial charge in [0.25, 0.3) is 5.91 Å². The second-order valence-corrected chi connectivity index (χ2v) is 15.4. The van der Waals surface area contributed by atoms with Crippen LogP contribution >= 0.6 is 0 Å². The summed E-state index contributed by atoms with van der Waals surface area (Å²) in [5, 5.41) is 13.1. The monoisotopic (exact) mass is 740 g/mol. The quantitative estimate of drug-likeness (QED) is 0.133. The molecule has 3 fully saturated rings. The highest BCUT2D eigenvalue weighted by atomic mass is 16.5. The van der Waals surface area contributed by atoms with E-state index >= 15 is 0 Å². The molecule has 4 N–H and O–H groups in total. The molecule has 286 valence electrons. The summed E-state index contributed by atoms with van der Waals surface area (Å²) in [6.45, 7) is 12.2. The van der Waals surface area contributed by atoms with Crippen molar-refractivity contribution in [1.29, 1.82) is 0 Å². The summed E-state index contributed by atoms with van der Waals surface area (Å²) in [6.07, 6.45) is 5.59. The SMILES string of the molecule is CCc1nc2c(cnn2CC)c(NC2CCOCC2)c1CN(Cc1cc(C)cc(-c2cccc(CN3C[C@@H]4C[C@H]3CN4)c2)c1)C(=O)c1cccc(C(N)=O)c1. The van der Waals surface area contributed by atoms with E-state index in [1.54, 1.807) is 24.3 Å². The highest BCUT2D eigenvalue weighted by Gasteiger charge is 2.37. The number of rotatable bonds is 13. The van der Waals surface area contributed by atoms with Gasteiger partial charge in [-0.2, -0.15) is 5.10 Å². The summed E-state index contributed by atoms with van der Waals surface area (Å²) in [7, 11) is 0. The summed E-state index contributed by atoms with van der Waals surface area (Å²) < 4.78 is 7.63. The number of nitrogens with one attached hydrogen (secondary N) is 2. The number of amides is 2. The van der Waals surface area contributed by atoms with Crippen molar-refractivity contribution in [3.63, 3.8) is 0 Å². The minimum atomic E-state index is -0.570. The Balaban J connectivity index is 1.17. The Morgan fingerprint density at radius 1 is 0.982 bits per heavy atom. The zero-order chi connectivity index (χ0) is 38.1. The number of hydrogen-bond acceptors (Lipinski definition) is 8. The molecule has 2 atom stereocenters. The van der Waals surface area contributed by atoms with Crippen molar-refractivity contribution in [2.45, 2.75) is 90.8 Å². The molecule has 5 aromatic rings. The smallest absolute Gasteiger partial charge is 0.254 e. The van der Waals surface area contributed by atoms with Crippen molar-refractivity contribution in [3.05, 3.63) is 112 Å². The largest absolute Gasteiger partial charge is 0.381 e. The van der Waals surface area contributed by atoms with Crippen molar-refractivity contribution in [1.82, 2.24) is 29.9 Å². The molecule has 8 rings (SSSR count). The first kappa shape index (κ1) is 36.9. The Labute approximate surface area is 323 Å². The third kappa shape index (κ3) is 7.87. The number of nitrogens with zero attached hydrogens (tertiary/aromatic N) is 5. The van der Waals surface area contributed by atoms with E-state index in [4.69, 9.17) is 20.6 Å². The molecule has 11 heteroatoms. The van der Waals surface area contributed by atoms with Crippen molar-refractivity contribution in [2.24, 2.45) is 5.73 Å². The van der Waals surface area contributed by atoms with Crippen LogP contribution in [0.25, 0.3) is 22.2 Å². The molecule has 3 saturated heterocycles. The number of hydrogen-bond donors (Lipinski definition) is 3. The lowest BCUT2D eigenvalue weighted by molar-refractivity contribution is 0.0729. The van der Waals surface area contributed by atoms with Gasteiger partial charge in [0.15, 0.2) is 5.65 Å². The van der Waals surface area contributed by atoms with Gasteiger partial charge in [0.05, 0.1) is 23.8 Å². The van der Waals surface area contributed by atoms with Crippen molar-refractivity contribution in [3.8, 4) is 11.1 Å². The summed E-state index contributed by atoms with van der Waals surface area (Å²) in [5.41, 5.74) is 15.8. The van der Waals surface area contributed by atoms with Crippen LogP contribution in [0.4, 0.5) is 5.69 Å². The molecule has 0 spiro atoms. The summed E-state index contributed by atoms with van der Waals surface area (Å²) >= 11 is 0. The molecule has 2 bridgehead atoms. The van der Waals surface area contributed by atoms with Crippen LogP contribution in [0.15, 0.2) is 72.9 Å². The molecule has 2 aromatic heterocycles. The number of likely N-dealkylation sites (tertiary alicyclic amines) is 1. The average molecular weight is 741 g/mol. The molecule has 0 saturated carbocycles. The fourth-order valence-electron chi connectivity index (χ4n) is 8.72. The highest BCUT2D eigenvalue weighted by molar-refractivity contribution is 5.99. The minimum Gasteiger partial charge on any atom is -0.381 e. The van der Waals surface area contributed by atoms with Gasteiger partial charge < -0.3 is 26.0 Å². The molecule has 55 heavy (non-hydrogen) atoms. The molecule has 3 aromatic carbocycles. The van der Waals surface area contributed by atoms with Crippen molar-refractivity contribution < 1.29 is 14.3 Å². The molecule has 2 amide bonds. The molecule has 0 radical (unpaired) electrons. The van der Waals surface area contributed by atoms with Crippen LogP contribution in [0.3, 0.4) is 0 Å². The van der Waals surface area contributed by atoms with E-state index in [0.717, 1.165) is 82.7 Å². The maximum absolute atomic E-state index is 14.7. The number of pyridine rings is 1. The topological polar surface area (TPSA) is 131 Å². The van der Waals surface area contributed by atoms with Gasteiger partial charge >= 0.3 is 0 Å². The van der Waals surface area contributed by atoms with Crippen molar-refractivity contribution in [2.75, 3.05) is 31.6 Å². The second-order valence-electron chi connectivity index (χ2n) is 15.4. The van der Waals surface area contributed by atoms with E-state index in [1.807, 2.05) is 15.8 Å². The Morgan fingerprint density at radius 3 is 2.53 bits per heavy atom. The number of aryl methyl sites for hydroxylation is 3. The van der Waals surface area contributed by atoms with Gasteiger partial charge in [0, 0.05) is 86.4 Å². The van der Waals surface area contributed by atoms with E-state index in [2.05, 4.69) is 78.8 Å². The maximum Gasteiger partial charge on any atom is 0.254 e. The minimum absolute atomic E-state index is 0.189. The summed E-state index contributed by atoms with van der Waals surface area (Å²) in [6, 6.07) is 23.6. The van der Waals surface area contributed by atoms with Crippen LogP contribution in [0.1, 0.15) is 81.8 Å². The number of ether oxygens (including phenoxy) is 1. The van der Waals surface area contributed by atoms with Crippen LogP contribution in [-0.2, 0) is 37.3 Å². The van der Waals surface area contributed by atoms with Crippen LogP contribution < -0.4 is 16.4 Å². The molecular formula is C44H52N8O3. The number of aromatic nitrogens is 3. The summed E-state index contributed by atoms with van der Waals surface area (Å²) in [5.74, 6) is -0.759. The Kier molecular flexibility index (Phi) is 10.7. The number of fused-ring (bicyclic) bond motifs is 3. The van der Waals surface area contributed by atoms with Gasteiger partial charge in [-0.1, -0.05) is 48.9 Å². The van der Waals surface area contributed by atoms with Crippen LogP contribution in [0, 0.1) is 6.92 Å². The van der Waals surface area contributed by atoms with E-state index in [-0.39, 0.29) is 11.9 Å². The van der Waals surface area contributed by atoms with Gasteiger partial charge in [0.1, 0.15) is 0 Å². The van der Waals surface area contributed by atoms with Gasteiger partial charge in [-0.15, -0.1) is 0 Å². The first-order valence-corrected chi connectivity index (χ1v) is 19.8. The first-order chi connectivity index (χ1) is 26.8. The van der Waals surface area contributed by atoms with E-state index in [9.17, 15) is 9.59 Å². The lowest BCUT2D eigenvalue weighted by Gasteiger charge is -2.29. The van der Waals surface area contributed by atoms with Crippen LogP contribution in [-0.4, -0.2) is 80.8 Å². The number of anilines is 1. The maximum atomic E-state index is 14.7. The molecule has 5 heterocycles. The number of primary amides is 1.